The molecule has 0 radical (unpaired) electrons. The van der Waals surface area contributed by atoms with Crippen LogP contribution >= 0.6 is 0 Å². The van der Waals surface area contributed by atoms with Gasteiger partial charge in [-0.3, -0.25) is 4.79 Å². The molecule has 4 heteroatoms. The molecule has 0 spiro atoms. The number of aryl methyl sites for hydroxylation is 1. The number of hydrogen-bond donors (Lipinski definition) is 2. The lowest BCUT2D eigenvalue weighted by Gasteiger charge is -2.29. The average molecular weight is 289 g/mol. The van der Waals surface area contributed by atoms with Gasteiger partial charge in [-0.15, -0.1) is 0 Å². The zero-order chi connectivity index (χ0) is 15.4. The number of carbonyl (C=O) groups is 1. The van der Waals surface area contributed by atoms with E-state index in [1.807, 2.05) is 33.2 Å². The normalized spacial score (nSPS) is 21.9. The van der Waals surface area contributed by atoms with Crippen LogP contribution in [0.2, 0.25) is 0 Å². The van der Waals surface area contributed by atoms with Crippen LogP contribution in [-0.4, -0.2) is 26.5 Å². The molecule has 4 nitrogen and oxygen atoms in total. The Morgan fingerprint density at radius 2 is 2.05 bits per heavy atom. The van der Waals surface area contributed by atoms with Crippen LogP contribution in [0.3, 0.4) is 0 Å². The van der Waals surface area contributed by atoms with Gasteiger partial charge in [0, 0.05) is 31.4 Å². The van der Waals surface area contributed by atoms with E-state index in [1.165, 1.54) is 6.42 Å². The third-order valence-electron chi connectivity index (χ3n) is 4.53. The van der Waals surface area contributed by atoms with Gasteiger partial charge in [-0.25, -0.2) is 0 Å². The molecule has 1 aliphatic carbocycles. The Bertz CT molecular complexity index is 499. The van der Waals surface area contributed by atoms with Crippen LogP contribution in [0.4, 0.5) is 11.4 Å². The van der Waals surface area contributed by atoms with Gasteiger partial charge in [-0.2, -0.15) is 0 Å². The van der Waals surface area contributed by atoms with Crippen molar-refractivity contribution in [3.05, 3.63) is 23.8 Å². The zero-order valence-corrected chi connectivity index (χ0v) is 13.4. The Labute approximate surface area is 127 Å². The first kappa shape index (κ1) is 15.8. The van der Waals surface area contributed by atoms with Crippen LogP contribution in [0.15, 0.2) is 18.2 Å². The Morgan fingerprint density at radius 3 is 2.67 bits per heavy atom. The molecule has 3 N–H and O–H groups in total. The summed E-state index contributed by atoms with van der Waals surface area (Å²) in [5.74, 6) is 0.530. The molecular weight excluding hydrogens is 262 g/mol. The lowest BCUT2D eigenvalue weighted by Crippen LogP contribution is -2.35. The Hall–Kier alpha value is -1.55. The molecule has 0 aromatic heterocycles. The molecule has 1 aromatic carbocycles. The van der Waals surface area contributed by atoms with E-state index in [0.717, 1.165) is 36.2 Å². The third-order valence-corrected chi connectivity index (χ3v) is 4.53. The van der Waals surface area contributed by atoms with E-state index in [1.54, 1.807) is 0 Å². The molecule has 21 heavy (non-hydrogen) atoms. The molecule has 0 aliphatic heterocycles. The highest BCUT2D eigenvalue weighted by Crippen LogP contribution is 2.31. The first-order valence-corrected chi connectivity index (χ1v) is 7.82. The Kier molecular flexibility index (Phi) is 5.23. The van der Waals surface area contributed by atoms with Crippen LogP contribution in [0, 0.1) is 18.8 Å². The van der Waals surface area contributed by atoms with Crippen molar-refractivity contribution in [3.8, 4) is 0 Å². The molecule has 116 valence electrons. The van der Waals surface area contributed by atoms with Crippen LogP contribution in [0.1, 0.15) is 31.2 Å². The average Bonchev–Trinajstić information content (AvgIpc) is 2.48. The van der Waals surface area contributed by atoms with Gasteiger partial charge in [0.2, 0.25) is 5.91 Å². The van der Waals surface area contributed by atoms with Crippen molar-refractivity contribution < 1.29 is 4.79 Å². The summed E-state index contributed by atoms with van der Waals surface area (Å²) in [5, 5.41) is 3.10. The molecule has 0 heterocycles. The summed E-state index contributed by atoms with van der Waals surface area (Å²) in [7, 11) is 4.03. The number of carbonyl (C=O) groups excluding carboxylic acids is 1. The largest absolute Gasteiger partial charge is 0.378 e. The van der Waals surface area contributed by atoms with Crippen LogP contribution in [0.5, 0.6) is 0 Å². The highest BCUT2D eigenvalue weighted by Gasteiger charge is 2.30. The third kappa shape index (κ3) is 3.76. The molecule has 2 unspecified atom stereocenters. The molecule has 2 rings (SSSR count). The number of hydrogen-bond acceptors (Lipinski definition) is 3. The second kappa shape index (κ2) is 6.94. The van der Waals surface area contributed by atoms with Crippen molar-refractivity contribution >= 4 is 17.3 Å². The highest BCUT2D eigenvalue weighted by atomic mass is 16.1. The minimum Gasteiger partial charge on any atom is -0.378 e. The van der Waals surface area contributed by atoms with Crippen LogP contribution < -0.4 is 16.0 Å². The number of nitrogens with two attached hydrogens (primary N) is 1. The van der Waals surface area contributed by atoms with Gasteiger partial charge < -0.3 is 16.0 Å². The lowest BCUT2D eigenvalue weighted by molar-refractivity contribution is -0.122. The predicted octanol–water partition coefficient (Wildman–Crippen LogP) is 2.76. The number of nitrogens with one attached hydrogen (secondary N) is 1. The molecule has 2 atom stereocenters. The summed E-state index contributed by atoms with van der Waals surface area (Å²) < 4.78 is 0. The number of rotatable bonds is 4. The van der Waals surface area contributed by atoms with Gasteiger partial charge in [-0.1, -0.05) is 12.8 Å². The van der Waals surface area contributed by atoms with Crippen molar-refractivity contribution in [1.29, 1.82) is 0 Å². The van der Waals surface area contributed by atoms with E-state index in [0.29, 0.717) is 12.5 Å². The summed E-state index contributed by atoms with van der Waals surface area (Å²) in [4.78, 5) is 14.6. The van der Waals surface area contributed by atoms with Gasteiger partial charge in [-0.05, 0) is 56.0 Å². The molecular formula is C17H27N3O. The smallest absolute Gasteiger partial charge is 0.227 e. The molecule has 1 amide bonds. The summed E-state index contributed by atoms with van der Waals surface area (Å²) in [6.45, 7) is 2.64. The van der Waals surface area contributed by atoms with Crippen molar-refractivity contribution in [2.45, 2.75) is 32.6 Å². The second-order valence-corrected chi connectivity index (χ2v) is 6.27. The highest BCUT2D eigenvalue weighted by molar-refractivity contribution is 5.93. The quantitative estimate of drug-likeness (QED) is 0.896. The fourth-order valence-electron chi connectivity index (χ4n) is 3.13. The number of anilines is 2. The maximum atomic E-state index is 12.5. The van der Waals surface area contributed by atoms with Gasteiger partial charge in [0.05, 0.1) is 0 Å². The fraction of sp³-hybridized carbons (Fsp3) is 0.588. The number of benzene rings is 1. The van der Waals surface area contributed by atoms with E-state index in [-0.39, 0.29) is 11.8 Å². The monoisotopic (exact) mass is 289 g/mol. The van der Waals surface area contributed by atoms with Gasteiger partial charge in [0.25, 0.3) is 0 Å². The van der Waals surface area contributed by atoms with Crippen LogP contribution in [0.25, 0.3) is 0 Å². The maximum Gasteiger partial charge on any atom is 0.227 e. The van der Waals surface area contributed by atoms with E-state index >= 15 is 0 Å². The molecule has 1 aliphatic rings. The number of amides is 1. The number of nitrogens with zero attached hydrogens (tertiary/aromatic N) is 1. The summed E-state index contributed by atoms with van der Waals surface area (Å²) in [6.07, 6.45) is 4.37. The molecule has 1 fully saturated rings. The second-order valence-electron chi connectivity index (χ2n) is 6.27. The van der Waals surface area contributed by atoms with Crippen LogP contribution in [-0.2, 0) is 4.79 Å². The van der Waals surface area contributed by atoms with E-state index < -0.39 is 0 Å². The Morgan fingerprint density at radius 1 is 1.33 bits per heavy atom. The minimum absolute atomic E-state index is 0.0664. The molecule has 0 saturated heterocycles. The lowest BCUT2D eigenvalue weighted by atomic mass is 9.78. The molecule has 0 bridgehead atoms. The van der Waals surface area contributed by atoms with Crippen molar-refractivity contribution in [2.75, 3.05) is 30.9 Å². The first-order chi connectivity index (χ1) is 10.0. The van der Waals surface area contributed by atoms with Crippen molar-refractivity contribution in [2.24, 2.45) is 17.6 Å². The topological polar surface area (TPSA) is 58.4 Å². The van der Waals surface area contributed by atoms with Crippen molar-refractivity contribution in [1.82, 2.24) is 0 Å². The fourth-order valence-corrected chi connectivity index (χ4v) is 3.13. The Balaban J connectivity index is 2.08. The van der Waals surface area contributed by atoms with E-state index in [4.69, 9.17) is 5.73 Å². The maximum absolute atomic E-state index is 12.5. The summed E-state index contributed by atoms with van der Waals surface area (Å²) in [5.41, 5.74) is 8.97. The SMILES string of the molecule is Cc1cc(N(C)C)ccc1NC(=O)C1CCCCC1CN. The van der Waals surface area contributed by atoms with E-state index in [9.17, 15) is 4.79 Å². The minimum atomic E-state index is 0.0664. The standard InChI is InChI=1S/C17H27N3O/c1-12-10-14(20(2)3)8-9-16(12)19-17(21)15-7-5-4-6-13(15)11-18/h8-10,13,15H,4-7,11,18H2,1-3H3,(H,19,21). The van der Waals surface area contributed by atoms with E-state index in [2.05, 4.69) is 16.3 Å². The zero-order valence-electron chi connectivity index (χ0n) is 13.4. The first-order valence-electron chi connectivity index (χ1n) is 7.82. The van der Waals surface area contributed by atoms with Gasteiger partial charge in [0.15, 0.2) is 0 Å². The molecule has 1 aromatic rings. The summed E-state index contributed by atoms with van der Waals surface area (Å²) >= 11 is 0. The summed E-state index contributed by atoms with van der Waals surface area (Å²) in [6, 6.07) is 6.11. The predicted molar refractivity (Wildman–Crippen MR) is 88.6 cm³/mol. The van der Waals surface area contributed by atoms with Crippen molar-refractivity contribution in [3.63, 3.8) is 0 Å². The van der Waals surface area contributed by atoms with Gasteiger partial charge >= 0.3 is 0 Å². The van der Waals surface area contributed by atoms with Gasteiger partial charge in [0.1, 0.15) is 0 Å². The molecule has 1 saturated carbocycles.